The van der Waals surface area contributed by atoms with E-state index in [2.05, 4.69) is 20.5 Å². The van der Waals surface area contributed by atoms with Gasteiger partial charge in [0.25, 0.3) is 0 Å². The largest absolute Gasteiger partial charge is 0.340 e. The Morgan fingerprint density at radius 2 is 2.12 bits per heavy atom. The van der Waals surface area contributed by atoms with Crippen LogP contribution in [0.1, 0.15) is 62.5 Å². The van der Waals surface area contributed by atoms with Gasteiger partial charge in [0.15, 0.2) is 5.82 Å². The molecule has 0 N–H and O–H groups in total. The molecule has 1 aliphatic rings. The van der Waals surface area contributed by atoms with Gasteiger partial charge >= 0.3 is 0 Å². The van der Waals surface area contributed by atoms with Crippen LogP contribution >= 0.6 is 0 Å². The number of aryl methyl sites for hydroxylation is 1. The van der Waals surface area contributed by atoms with E-state index in [0.29, 0.717) is 19.0 Å². The van der Waals surface area contributed by atoms with E-state index in [1.807, 2.05) is 29.9 Å². The van der Waals surface area contributed by atoms with Crippen LogP contribution in [-0.2, 0) is 17.8 Å². The molecule has 0 radical (unpaired) electrons. The van der Waals surface area contributed by atoms with E-state index < -0.39 is 0 Å². The number of hydrogen-bond acceptors (Lipinski definition) is 5. The molecule has 0 aliphatic heterocycles. The predicted octanol–water partition coefficient (Wildman–Crippen LogP) is 2.55. The predicted molar refractivity (Wildman–Crippen MR) is 93.6 cm³/mol. The summed E-state index contributed by atoms with van der Waals surface area (Å²) in [4.78, 5) is 18.3. The van der Waals surface area contributed by atoms with Crippen molar-refractivity contribution in [3.63, 3.8) is 0 Å². The van der Waals surface area contributed by atoms with Gasteiger partial charge in [-0.05, 0) is 41.8 Å². The van der Waals surface area contributed by atoms with Crippen molar-refractivity contribution >= 4 is 5.91 Å². The van der Waals surface area contributed by atoms with E-state index in [9.17, 15) is 4.79 Å². The highest BCUT2D eigenvalue weighted by atomic mass is 16.2. The highest BCUT2D eigenvalue weighted by molar-refractivity contribution is 5.75. The van der Waals surface area contributed by atoms with Gasteiger partial charge in [-0.1, -0.05) is 25.3 Å². The Kier molecular flexibility index (Phi) is 6.09. The maximum atomic E-state index is 12.3. The van der Waals surface area contributed by atoms with Gasteiger partial charge in [-0.15, -0.1) is 5.10 Å². The van der Waals surface area contributed by atoms with Gasteiger partial charge in [0.2, 0.25) is 5.91 Å². The van der Waals surface area contributed by atoms with Crippen LogP contribution in [0.25, 0.3) is 0 Å². The molecular weight excluding hydrogens is 316 g/mol. The van der Waals surface area contributed by atoms with Crippen molar-refractivity contribution in [2.24, 2.45) is 0 Å². The van der Waals surface area contributed by atoms with Crippen LogP contribution in [0.4, 0.5) is 0 Å². The molecule has 1 saturated carbocycles. The van der Waals surface area contributed by atoms with Crippen molar-refractivity contribution < 1.29 is 4.79 Å². The molecule has 2 aromatic heterocycles. The maximum absolute atomic E-state index is 12.3. The van der Waals surface area contributed by atoms with Gasteiger partial charge < -0.3 is 4.90 Å². The molecule has 1 aliphatic carbocycles. The summed E-state index contributed by atoms with van der Waals surface area (Å²) in [6.45, 7) is 0.541. The summed E-state index contributed by atoms with van der Waals surface area (Å²) in [5, 5.41) is 12.2. The molecular formula is C18H26N6O. The molecule has 7 heteroatoms. The molecule has 0 atom stereocenters. The lowest BCUT2D eigenvalue weighted by atomic mass is 9.95. The lowest BCUT2D eigenvalue weighted by Crippen LogP contribution is -2.26. The SMILES string of the molecule is CN(Cc1ccccn1)C(=O)CCCc1nnnn1C1CCCCC1. The first-order valence-electron chi connectivity index (χ1n) is 9.14. The number of rotatable bonds is 7. The average molecular weight is 342 g/mol. The van der Waals surface area contributed by atoms with Crippen molar-refractivity contribution in [1.82, 2.24) is 30.1 Å². The molecule has 0 bridgehead atoms. The van der Waals surface area contributed by atoms with Gasteiger partial charge in [-0.2, -0.15) is 0 Å². The van der Waals surface area contributed by atoms with E-state index in [-0.39, 0.29) is 5.91 Å². The summed E-state index contributed by atoms with van der Waals surface area (Å²) in [6, 6.07) is 6.18. The van der Waals surface area contributed by atoms with Gasteiger partial charge in [-0.25, -0.2) is 4.68 Å². The van der Waals surface area contributed by atoms with E-state index in [1.54, 1.807) is 11.1 Å². The molecule has 2 aromatic rings. The Morgan fingerprint density at radius 3 is 2.88 bits per heavy atom. The molecule has 7 nitrogen and oxygen atoms in total. The van der Waals surface area contributed by atoms with Crippen molar-refractivity contribution in [2.45, 2.75) is 64.0 Å². The Bertz CT molecular complexity index is 665. The van der Waals surface area contributed by atoms with Crippen LogP contribution in [0, 0.1) is 0 Å². The number of hydrogen-bond donors (Lipinski definition) is 0. The fraction of sp³-hybridized carbons (Fsp3) is 0.611. The normalized spacial score (nSPS) is 15.2. The van der Waals surface area contributed by atoms with E-state index in [1.165, 1.54) is 19.3 Å². The minimum absolute atomic E-state index is 0.127. The number of carbonyl (C=O) groups is 1. The monoisotopic (exact) mass is 342 g/mol. The molecule has 0 spiro atoms. The summed E-state index contributed by atoms with van der Waals surface area (Å²) in [7, 11) is 1.82. The Balaban J connectivity index is 1.46. The molecule has 1 fully saturated rings. The van der Waals surface area contributed by atoms with Crippen LogP contribution < -0.4 is 0 Å². The molecule has 134 valence electrons. The molecule has 2 heterocycles. The number of pyridine rings is 1. The third-order valence-corrected chi connectivity index (χ3v) is 4.82. The van der Waals surface area contributed by atoms with Crippen LogP contribution in [0.2, 0.25) is 0 Å². The van der Waals surface area contributed by atoms with Gasteiger partial charge in [-0.3, -0.25) is 9.78 Å². The van der Waals surface area contributed by atoms with Crippen molar-refractivity contribution in [2.75, 3.05) is 7.05 Å². The van der Waals surface area contributed by atoms with E-state index in [4.69, 9.17) is 0 Å². The van der Waals surface area contributed by atoms with Gasteiger partial charge in [0.1, 0.15) is 0 Å². The zero-order valence-electron chi connectivity index (χ0n) is 14.8. The molecule has 0 saturated heterocycles. The highest BCUT2D eigenvalue weighted by Gasteiger charge is 2.20. The fourth-order valence-corrected chi connectivity index (χ4v) is 3.40. The Morgan fingerprint density at radius 1 is 1.28 bits per heavy atom. The summed E-state index contributed by atoms with van der Waals surface area (Å²) in [6.07, 6.45) is 9.88. The van der Waals surface area contributed by atoms with E-state index in [0.717, 1.165) is 37.2 Å². The quantitative estimate of drug-likeness (QED) is 0.773. The maximum Gasteiger partial charge on any atom is 0.222 e. The number of aromatic nitrogens is 5. The minimum Gasteiger partial charge on any atom is -0.340 e. The summed E-state index contributed by atoms with van der Waals surface area (Å²) < 4.78 is 1.99. The Hall–Kier alpha value is -2.31. The zero-order chi connectivity index (χ0) is 17.5. The van der Waals surface area contributed by atoms with E-state index >= 15 is 0 Å². The number of amides is 1. The molecule has 3 rings (SSSR count). The smallest absolute Gasteiger partial charge is 0.222 e. The standard InChI is InChI=1S/C18H26N6O/c1-23(14-15-8-5-6-13-19-15)18(25)12-7-11-17-20-21-22-24(17)16-9-3-2-4-10-16/h5-6,8,13,16H,2-4,7,9-12,14H2,1H3. The van der Waals surface area contributed by atoms with Crippen LogP contribution in [0.5, 0.6) is 0 Å². The molecule has 0 unspecified atom stereocenters. The third-order valence-electron chi connectivity index (χ3n) is 4.82. The second-order valence-corrected chi connectivity index (χ2v) is 6.76. The topological polar surface area (TPSA) is 76.8 Å². The molecule has 25 heavy (non-hydrogen) atoms. The van der Waals surface area contributed by atoms with Crippen molar-refractivity contribution in [3.05, 3.63) is 35.9 Å². The summed E-state index contributed by atoms with van der Waals surface area (Å²) in [5.41, 5.74) is 0.902. The number of carbonyl (C=O) groups excluding carboxylic acids is 1. The second kappa shape index (κ2) is 8.69. The zero-order valence-corrected chi connectivity index (χ0v) is 14.8. The number of nitrogens with zero attached hydrogens (tertiary/aromatic N) is 6. The van der Waals surface area contributed by atoms with Crippen molar-refractivity contribution in [1.29, 1.82) is 0 Å². The lowest BCUT2D eigenvalue weighted by molar-refractivity contribution is -0.130. The van der Waals surface area contributed by atoms with Crippen molar-refractivity contribution in [3.8, 4) is 0 Å². The first-order chi connectivity index (χ1) is 12.2. The van der Waals surface area contributed by atoms with Crippen LogP contribution in [-0.4, -0.2) is 43.0 Å². The molecule has 0 aromatic carbocycles. The Labute approximate surface area is 148 Å². The summed E-state index contributed by atoms with van der Waals surface area (Å²) in [5.74, 6) is 1.04. The third kappa shape index (κ3) is 4.84. The highest BCUT2D eigenvalue weighted by Crippen LogP contribution is 2.28. The van der Waals surface area contributed by atoms with Gasteiger partial charge in [0.05, 0.1) is 18.3 Å². The van der Waals surface area contributed by atoms with Crippen LogP contribution in [0.15, 0.2) is 24.4 Å². The summed E-state index contributed by atoms with van der Waals surface area (Å²) >= 11 is 0. The minimum atomic E-state index is 0.127. The lowest BCUT2D eigenvalue weighted by Gasteiger charge is -2.22. The first-order valence-corrected chi connectivity index (χ1v) is 9.14. The second-order valence-electron chi connectivity index (χ2n) is 6.76. The average Bonchev–Trinajstić information content (AvgIpc) is 3.11. The fourth-order valence-electron chi connectivity index (χ4n) is 3.40. The number of tetrazole rings is 1. The van der Waals surface area contributed by atoms with Gasteiger partial charge in [0, 0.05) is 26.1 Å². The molecule has 1 amide bonds. The van der Waals surface area contributed by atoms with Crippen LogP contribution in [0.3, 0.4) is 0 Å². The first kappa shape index (κ1) is 17.5.